The van der Waals surface area contributed by atoms with Crippen LogP contribution in [0.15, 0.2) is 16.3 Å². The van der Waals surface area contributed by atoms with E-state index >= 15 is 0 Å². The number of nitrogens with zero attached hydrogens (tertiary/aromatic N) is 3. The second kappa shape index (κ2) is 5.51. The van der Waals surface area contributed by atoms with Crippen molar-refractivity contribution in [1.82, 2.24) is 20.4 Å². The Bertz CT molecular complexity index is 481. The van der Waals surface area contributed by atoms with Gasteiger partial charge in [-0.15, -0.1) is 11.3 Å². The number of carbonyl (C=O) groups excluding carboxylic acids is 1. The molecule has 2 aromatic rings. The van der Waals surface area contributed by atoms with Crippen LogP contribution in [0.2, 0.25) is 0 Å². The van der Waals surface area contributed by atoms with E-state index in [-0.39, 0.29) is 12.5 Å². The molecule has 0 spiro atoms. The summed E-state index contributed by atoms with van der Waals surface area (Å²) in [5.74, 6) is 0.171. The van der Waals surface area contributed by atoms with Crippen molar-refractivity contribution in [2.24, 2.45) is 5.73 Å². The molecule has 0 atom stereocenters. The van der Waals surface area contributed by atoms with E-state index < -0.39 is 0 Å². The minimum atomic E-state index is -0.255. The second-order valence-corrected chi connectivity index (χ2v) is 4.14. The molecule has 0 radical (unpaired) electrons. The topological polar surface area (TPSA) is 107 Å². The number of amides is 1. The van der Waals surface area contributed by atoms with Crippen molar-refractivity contribution in [3.63, 3.8) is 0 Å². The van der Waals surface area contributed by atoms with Crippen LogP contribution in [0.4, 0.5) is 0 Å². The maximum Gasteiger partial charge on any atom is 0.271 e. The van der Waals surface area contributed by atoms with Crippen LogP contribution >= 0.6 is 11.3 Å². The zero-order valence-corrected chi connectivity index (χ0v) is 9.74. The zero-order valence-electron chi connectivity index (χ0n) is 8.92. The summed E-state index contributed by atoms with van der Waals surface area (Å²) in [5, 5.41) is 8.79. The van der Waals surface area contributed by atoms with Crippen molar-refractivity contribution >= 4 is 17.2 Å². The fourth-order valence-corrected chi connectivity index (χ4v) is 1.97. The molecule has 0 aliphatic rings. The van der Waals surface area contributed by atoms with E-state index in [0.29, 0.717) is 24.5 Å². The van der Waals surface area contributed by atoms with Crippen molar-refractivity contribution in [2.75, 3.05) is 6.54 Å². The van der Waals surface area contributed by atoms with Crippen LogP contribution in [0.1, 0.15) is 21.3 Å². The lowest BCUT2D eigenvalue weighted by Gasteiger charge is -1.98. The average Bonchev–Trinajstić information content (AvgIpc) is 2.97. The van der Waals surface area contributed by atoms with Crippen molar-refractivity contribution < 1.29 is 9.32 Å². The minimum absolute atomic E-state index is 0.221. The molecule has 1 amide bonds. The van der Waals surface area contributed by atoms with Gasteiger partial charge in [0.25, 0.3) is 5.91 Å². The maximum absolute atomic E-state index is 11.7. The lowest BCUT2D eigenvalue weighted by molar-refractivity contribution is 0.0945. The van der Waals surface area contributed by atoms with Crippen LogP contribution in [0, 0.1) is 0 Å². The Hall–Kier alpha value is -1.80. The first-order chi connectivity index (χ1) is 8.29. The highest BCUT2D eigenvalue weighted by Crippen LogP contribution is 2.09. The number of aromatic nitrogens is 3. The first kappa shape index (κ1) is 11.7. The molecule has 2 heterocycles. The summed E-state index contributed by atoms with van der Waals surface area (Å²) in [6, 6.07) is 0. The van der Waals surface area contributed by atoms with Crippen molar-refractivity contribution in [1.29, 1.82) is 0 Å². The van der Waals surface area contributed by atoms with Crippen LogP contribution in [-0.4, -0.2) is 27.6 Å². The normalized spacial score (nSPS) is 10.4. The summed E-state index contributed by atoms with van der Waals surface area (Å²) in [5.41, 5.74) is 5.80. The van der Waals surface area contributed by atoms with Gasteiger partial charge >= 0.3 is 0 Å². The number of thiazole rings is 1. The SMILES string of the molecule is NCCc1nc(C(=O)NCc2ncon2)cs1. The predicted molar refractivity (Wildman–Crippen MR) is 60.3 cm³/mol. The van der Waals surface area contributed by atoms with E-state index in [1.807, 2.05) is 0 Å². The van der Waals surface area contributed by atoms with Gasteiger partial charge in [-0.1, -0.05) is 5.16 Å². The molecule has 17 heavy (non-hydrogen) atoms. The molecule has 0 aliphatic heterocycles. The highest BCUT2D eigenvalue weighted by Gasteiger charge is 2.10. The molecule has 0 saturated carbocycles. The van der Waals surface area contributed by atoms with E-state index in [0.717, 1.165) is 5.01 Å². The summed E-state index contributed by atoms with van der Waals surface area (Å²) >= 11 is 1.42. The van der Waals surface area contributed by atoms with Crippen LogP contribution in [0.25, 0.3) is 0 Å². The molecular formula is C9H11N5O2S. The molecule has 0 aromatic carbocycles. The molecule has 0 saturated heterocycles. The van der Waals surface area contributed by atoms with Crippen molar-refractivity contribution in [3.05, 3.63) is 28.3 Å². The monoisotopic (exact) mass is 253 g/mol. The third-order valence-electron chi connectivity index (χ3n) is 1.96. The highest BCUT2D eigenvalue weighted by molar-refractivity contribution is 7.09. The quantitative estimate of drug-likeness (QED) is 0.774. The van der Waals surface area contributed by atoms with Crippen molar-refractivity contribution in [3.8, 4) is 0 Å². The molecule has 3 N–H and O–H groups in total. The third kappa shape index (κ3) is 3.08. The van der Waals surface area contributed by atoms with Gasteiger partial charge in [0.05, 0.1) is 11.6 Å². The number of nitrogens with one attached hydrogen (secondary N) is 1. The molecule has 0 unspecified atom stereocenters. The Labute approximate surface area is 101 Å². The van der Waals surface area contributed by atoms with Crippen LogP contribution in [-0.2, 0) is 13.0 Å². The molecular weight excluding hydrogens is 242 g/mol. The van der Waals surface area contributed by atoms with Gasteiger partial charge in [0.15, 0.2) is 5.82 Å². The summed E-state index contributed by atoms with van der Waals surface area (Å²) in [6.45, 7) is 0.747. The molecule has 2 aromatic heterocycles. The molecule has 90 valence electrons. The minimum Gasteiger partial charge on any atom is -0.343 e. The lowest BCUT2D eigenvalue weighted by atomic mass is 10.4. The predicted octanol–water partition coefficient (Wildman–Crippen LogP) is -0.0427. The van der Waals surface area contributed by atoms with E-state index in [1.165, 1.54) is 17.7 Å². The van der Waals surface area contributed by atoms with Crippen LogP contribution in [0.3, 0.4) is 0 Å². The van der Waals surface area contributed by atoms with E-state index in [1.54, 1.807) is 5.38 Å². The first-order valence-corrected chi connectivity index (χ1v) is 5.85. The van der Waals surface area contributed by atoms with Gasteiger partial charge in [0.1, 0.15) is 5.69 Å². The standard InChI is InChI=1S/C9H11N5O2S/c10-2-1-8-13-6(4-17-8)9(15)11-3-7-12-5-16-14-7/h4-5H,1-3,10H2,(H,11,15). The Morgan fingerprint density at radius 1 is 1.59 bits per heavy atom. The van der Waals surface area contributed by atoms with Crippen LogP contribution < -0.4 is 11.1 Å². The van der Waals surface area contributed by atoms with Crippen molar-refractivity contribution in [2.45, 2.75) is 13.0 Å². The summed E-state index contributed by atoms with van der Waals surface area (Å²) < 4.78 is 4.55. The zero-order chi connectivity index (χ0) is 12.1. The number of carbonyl (C=O) groups is 1. The molecule has 0 bridgehead atoms. The largest absolute Gasteiger partial charge is 0.343 e. The molecule has 8 heteroatoms. The molecule has 2 rings (SSSR count). The van der Waals surface area contributed by atoms with Gasteiger partial charge in [-0.05, 0) is 6.54 Å². The van der Waals surface area contributed by atoms with Gasteiger partial charge in [-0.2, -0.15) is 4.98 Å². The van der Waals surface area contributed by atoms with Gasteiger partial charge < -0.3 is 15.6 Å². The van der Waals surface area contributed by atoms with E-state index in [4.69, 9.17) is 5.73 Å². The van der Waals surface area contributed by atoms with E-state index in [2.05, 4.69) is 25.0 Å². The lowest BCUT2D eigenvalue weighted by Crippen LogP contribution is -2.23. The van der Waals surface area contributed by atoms with Gasteiger partial charge in [-0.3, -0.25) is 4.79 Å². The van der Waals surface area contributed by atoms with E-state index in [9.17, 15) is 4.79 Å². The number of hydrogen-bond donors (Lipinski definition) is 2. The third-order valence-corrected chi connectivity index (χ3v) is 2.87. The van der Waals surface area contributed by atoms with Gasteiger partial charge in [-0.25, -0.2) is 4.98 Å². The van der Waals surface area contributed by atoms with Gasteiger partial charge in [0, 0.05) is 11.8 Å². The summed E-state index contributed by atoms with van der Waals surface area (Å²) in [6.07, 6.45) is 1.90. The van der Waals surface area contributed by atoms with Crippen LogP contribution in [0.5, 0.6) is 0 Å². The summed E-state index contributed by atoms with van der Waals surface area (Å²) in [7, 11) is 0. The summed E-state index contributed by atoms with van der Waals surface area (Å²) in [4.78, 5) is 19.6. The second-order valence-electron chi connectivity index (χ2n) is 3.20. The fourth-order valence-electron chi connectivity index (χ4n) is 1.17. The maximum atomic E-state index is 11.7. The molecule has 7 nitrogen and oxygen atoms in total. The molecule has 0 fully saturated rings. The first-order valence-electron chi connectivity index (χ1n) is 4.97. The number of rotatable bonds is 5. The Morgan fingerprint density at radius 3 is 3.18 bits per heavy atom. The average molecular weight is 253 g/mol. The Morgan fingerprint density at radius 2 is 2.47 bits per heavy atom. The smallest absolute Gasteiger partial charge is 0.271 e. The number of hydrogen-bond acceptors (Lipinski definition) is 7. The van der Waals surface area contributed by atoms with Gasteiger partial charge in [0.2, 0.25) is 6.39 Å². The fraction of sp³-hybridized carbons (Fsp3) is 0.333. The molecule has 0 aliphatic carbocycles. The Balaban J connectivity index is 1.90. The Kier molecular flexibility index (Phi) is 3.78. The highest BCUT2D eigenvalue weighted by atomic mass is 32.1. The number of nitrogens with two attached hydrogens (primary N) is 1.